The Morgan fingerprint density at radius 1 is 0.947 bits per heavy atom. The summed E-state index contributed by atoms with van der Waals surface area (Å²) >= 11 is 0. The van der Waals surface area contributed by atoms with E-state index in [1.165, 1.54) is 16.0 Å². The lowest BCUT2D eigenvalue weighted by Gasteiger charge is -2.26. The first-order chi connectivity index (χ1) is 18.4. The van der Waals surface area contributed by atoms with Gasteiger partial charge in [0.05, 0.1) is 24.8 Å². The highest BCUT2D eigenvalue weighted by Gasteiger charge is 2.46. The third kappa shape index (κ3) is 5.03. The molecular weight excluding hydrogens is 478 g/mol. The quantitative estimate of drug-likeness (QED) is 0.240. The number of nitrogens with zero attached hydrogens (tertiary/aromatic N) is 1. The molecule has 1 atom stereocenters. The third-order valence-electron chi connectivity index (χ3n) is 7.19. The molecule has 1 aliphatic carbocycles. The van der Waals surface area contributed by atoms with E-state index in [1.54, 1.807) is 7.11 Å². The molecule has 0 spiro atoms. The number of likely N-dealkylation sites (tertiary alicyclic amines) is 1. The Morgan fingerprint density at radius 2 is 1.68 bits per heavy atom. The molecule has 5 rings (SSSR count). The van der Waals surface area contributed by atoms with Crippen molar-refractivity contribution in [3.8, 4) is 11.5 Å². The topological polar surface area (TPSA) is 76.1 Å². The number of hydrogen-bond donors (Lipinski definition) is 1. The lowest BCUT2D eigenvalue weighted by molar-refractivity contribution is -0.140. The summed E-state index contributed by atoms with van der Waals surface area (Å²) < 4.78 is 11.3. The Morgan fingerprint density at radius 3 is 2.45 bits per heavy atom. The van der Waals surface area contributed by atoms with E-state index < -0.39 is 17.7 Å². The first-order valence-corrected chi connectivity index (χ1v) is 13.2. The van der Waals surface area contributed by atoms with E-state index in [9.17, 15) is 14.7 Å². The third-order valence-corrected chi connectivity index (χ3v) is 7.19. The molecule has 196 valence electrons. The minimum Gasteiger partial charge on any atom is -0.507 e. The summed E-state index contributed by atoms with van der Waals surface area (Å²) in [7, 11) is 1.57. The zero-order valence-electron chi connectivity index (χ0n) is 22.1. The fraction of sp³-hybridized carbons (Fsp3) is 0.312. The van der Waals surface area contributed by atoms with Crippen LogP contribution in [0.15, 0.2) is 72.3 Å². The number of aliphatic hydroxyl groups is 1. The molecule has 6 nitrogen and oxygen atoms in total. The summed E-state index contributed by atoms with van der Waals surface area (Å²) in [5, 5.41) is 11.5. The van der Waals surface area contributed by atoms with E-state index in [1.807, 2.05) is 80.6 Å². The first kappa shape index (κ1) is 25.6. The molecule has 0 saturated carbocycles. The van der Waals surface area contributed by atoms with Crippen LogP contribution >= 0.6 is 0 Å². The van der Waals surface area contributed by atoms with Crippen molar-refractivity contribution in [3.05, 3.63) is 100 Å². The molecule has 6 heteroatoms. The second-order valence-electron chi connectivity index (χ2n) is 10.2. The number of hydrogen-bond acceptors (Lipinski definition) is 5. The molecule has 1 N–H and O–H groups in total. The molecule has 2 aliphatic rings. The molecule has 1 saturated heterocycles. The van der Waals surface area contributed by atoms with Crippen LogP contribution in [0.2, 0.25) is 0 Å². The maximum Gasteiger partial charge on any atom is 0.295 e. The van der Waals surface area contributed by atoms with Crippen molar-refractivity contribution in [1.29, 1.82) is 0 Å². The number of aliphatic hydroxyl groups excluding tert-OH is 1. The molecule has 1 amide bonds. The second-order valence-corrected chi connectivity index (χ2v) is 10.2. The van der Waals surface area contributed by atoms with Crippen molar-refractivity contribution in [3.63, 3.8) is 0 Å². The van der Waals surface area contributed by atoms with Crippen molar-refractivity contribution >= 4 is 17.4 Å². The van der Waals surface area contributed by atoms with Gasteiger partial charge in [0.1, 0.15) is 17.3 Å². The molecule has 3 aromatic carbocycles. The highest BCUT2D eigenvalue weighted by Crippen LogP contribution is 2.41. The van der Waals surface area contributed by atoms with Gasteiger partial charge in [-0.05, 0) is 92.1 Å². The lowest BCUT2D eigenvalue weighted by atomic mass is 9.88. The van der Waals surface area contributed by atoms with Gasteiger partial charge in [-0.2, -0.15) is 0 Å². The number of benzene rings is 3. The Bertz CT molecular complexity index is 1410. The summed E-state index contributed by atoms with van der Waals surface area (Å²) in [6.07, 6.45) is 4.23. The molecule has 1 aliphatic heterocycles. The summed E-state index contributed by atoms with van der Waals surface area (Å²) in [5.41, 5.74) is 4.64. The zero-order chi connectivity index (χ0) is 26.8. The van der Waals surface area contributed by atoms with Gasteiger partial charge in [0, 0.05) is 12.1 Å². The Balaban J connectivity index is 1.60. The SMILES string of the molecule is COc1cccc(C2/C(=C(/O)c3ccc4c(c3)CCCC4)C(=O)C(=O)N2Cc2cccc(OC(C)C)c2)c1. The van der Waals surface area contributed by atoms with Gasteiger partial charge in [0.2, 0.25) is 0 Å². The van der Waals surface area contributed by atoms with E-state index in [0.29, 0.717) is 22.6 Å². The molecule has 1 unspecified atom stereocenters. The van der Waals surface area contributed by atoms with Crippen LogP contribution in [0, 0.1) is 0 Å². The number of methoxy groups -OCH3 is 1. The number of Topliss-reactive ketones (excluding diaryl/α,β-unsaturated/α-hetero) is 1. The molecule has 1 heterocycles. The van der Waals surface area contributed by atoms with E-state index in [0.717, 1.165) is 31.2 Å². The minimum atomic E-state index is -0.768. The lowest BCUT2D eigenvalue weighted by Crippen LogP contribution is -2.29. The van der Waals surface area contributed by atoms with Crippen molar-refractivity contribution in [2.75, 3.05) is 7.11 Å². The largest absolute Gasteiger partial charge is 0.507 e. The van der Waals surface area contributed by atoms with Crippen molar-refractivity contribution in [2.24, 2.45) is 0 Å². The average molecular weight is 512 g/mol. The fourth-order valence-corrected chi connectivity index (χ4v) is 5.42. The van der Waals surface area contributed by atoms with Gasteiger partial charge in [0.15, 0.2) is 0 Å². The highest BCUT2D eigenvalue weighted by atomic mass is 16.5. The molecule has 1 fully saturated rings. The Hall–Kier alpha value is -4.06. The maximum absolute atomic E-state index is 13.5. The van der Waals surface area contributed by atoms with Crippen LogP contribution in [0.4, 0.5) is 0 Å². The Labute approximate surface area is 223 Å². The molecule has 0 bridgehead atoms. The number of aryl methyl sites for hydroxylation is 2. The minimum absolute atomic E-state index is 0.00730. The summed E-state index contributed by atoms with van der Waals surface area (Å²) in [5.74, 6) is -0.186. The molecule has 38 heavy (non-hydrogen) atoms. The number of carbonyl (C=O) groups excluding carboxylic acids is 2. The number of carbonyl (C=O) groups is 2. The second kappa shape index (κ2) is 10.7. The fourth-order valence-electron chi connectivity index (χ4n) is 5.42. The van der Waals surface area contributed by atoms with Crippen LogP contribution in [-0.2, 0) is 29.0 Å². The summed E-state index contributed by atoms with van der Waals surface area (Å²) in [6.45, 7) is 4.09. The number of rotatable bonds is 7. The molecule has 0 radical (unpaired) electrons. The normalized spacial score (nSPS) is 18.5. The van der Waals surface area contributed by atoms with Crippen LogP contribution in [0.5, 0.6) is 11.5 Å². The number of amides is 1. The molecular formula is C32H33NO5. The van der Waals surface area contributed by atoms with Gasteiger partial charge in [-0.15, -0.1) is 0 Å². The number of ketones is 1. The van der Waals surface area contributed by atoms with Crippen molar-refractivity contribution in [1.82, 2.24) is 4.90 Å². The first-order valence-electron chi connectivity index (χ1n) is 13.2. The van der Waals surface area contributed by atoms with Gasteiger partial charge >= 0.3 is 0 Å². The van der Waals surface area contributed by atoms with Gasteiger partial charge < -0.3 is 19.5 Å². The van der Waals surface area contributed by atoms with Crippen molar-refractivity contribution in [2.45, 2.75) is 58.2 Å². The van der Waals surface area contributed by atoms with E-state index >= 15 is 0 Å². The summed E-state index contributed by atoms with van der Waals surface area (Å²) in [4.78, 5) is 28.5. The van der Waals surface area contributed by atoms with Crippen LogP contribution in [-0.4, -0.2) is 34.9 Å². The Kier molecular flexibility index (Phi) is 7.23. The monoisotopic (exact) mass is 511 g/mol. The van der Waals surface area contributed by atoms with Crippen LogP contribution in [0.1, 0.15) is 60.5 Å². The molecule has 3 aromatic rings. The van der Waals surface area contributed by atoms with E-state index in [2.05, 4.69) is 0 Å². The predicted molar refractivity (Wildman–Crippen MR) is 146 cm³/mol. The number of fused-ring (bicyclic) bond motifs is 1. The van der Waals surface area contributed by atoms with E-state index in [4.69, 9.17) is 9.47 Å². The van der Waals surface area contributed by atoms with Crippen LogP contribution in [0.25, 0.3) is 5.76 Å². The van der Waals surface area contributed by atoms with Crippen LogP contribution in [0.3, 0.4) is 0 Å². The van der Waals surface area contributed by atoms with E-state index in [-0.39, 0.29) is 24.0 Å². The van der Waals surface area contributed by atoms with Gasteiger partial charge in [0.25, 0.3) is 11.7 Å². The van der Waals surface area contributed by atoms with Gasteiger partial charge in [-0.1, -0.05) is 36.4 Å². The van der Waals surface area contributed by atoms with Crippen molar-refractivity contribution < 1.29 is 24.2 Å². The number of ether oxygens (including phenoxy) is 2. The predicted octanol–water partition coefficient (Wildman–Crippen LogP) is 5.98. The van der Waals surface area contributed by atoms with Gasteiger partial charge in [-0.3, -0.25) is 9.59 Å². The standard InChI is InChI=1S/C32H33NO5/c1-20(2)38-27-13-6-8-21(16-27)19-33-29(24-11-7-12-26(18-24)37-3)28(31(35)32(33)36)30(34)25-15-14-22-9-4-5-10-23(22)17-25/h6-8,11-18,20,29,34H,4-5,9-10,19H2,1-3H3/b30-28-. The average Bonchev–Trinajstić information content (AvgIpc) is 3.17. The van der Waals surface area contributed by atoms with Crippen LogP contribution < -0.4 is 9.47 Å². The smallest absolute Gasteiger partial charge is 0.295 e. The zero-order valence-corrected chi connectivity index (χ0v) is 22.1. The molecule has 0 aromatic heterocycles. The summed E-state index contributed by atoms with van der Waals surface area (Å²) in [6, 6.07) is 19.9. The maximum atomic E-state index is 13.5. The highest BCUT2D eigenvalue weighted by molar-refractivity contribution is 6.46. The van der Waals surface area contributed by atoms with Gasteiger partial charge in [-0.25, -0.2) is 0 Å².